The zero-order valence-electron chi connectivity index (χ0n) is 9.83. The minimum absolute atomic E-state index is 0.109. The predicted octanol–water partition coefficient (Wildman–Crippen LogP) is 2.87. The van der Waals surface area contributed by atoms with E-state index >= 15 is 0 Å². The van der Waals surface area contributed by atoms with Crippen LogP contribution < -0.4 is 10.1 Å². The number of nitrogens with zero attached hydrogens (tertiary/aromatic N) is 3. The molecule has 0 amide bonds. The Balaban J connectivity index is 2.31. The second kappa shape index (κ2) is 5.49. The van der Waals surface area contributed by atoms with Crippen LogP contribution in [0, 0.1) is 10.1 Å². The maximum Gasteiger partial charge on any atom is 0.273 e. The Morgan fingerprint density at radius 2 is 2.21 bits per heavy atom. The molecule has 0 aliphatic rings. The molecular weight excluding hydrogens is 272 g/mol. The summed E-state index contributed by atoms with van der Waals surface area (Å²) >= 11 is 5.92. The number of nitro groups is 1. The quantitative estimate of drug-likeness (QED) is 0.684. The normalized spacial score (nSPS) is 10.0. The molecule has 0 saturated carbocycles. The lowest BCUT2D eigenvalue weighted by Gasteiger charge is -2.07. The van der Waals surface area contributed by atoms with Crippen molar-refractivity contribution in [3.05, 3.63) is 45.6 Å². The second-order valence-corrected chi connectivity index (χ2v) is 3.85. The standard InChI is InChI=1S/C11H9ClN4O3/c1-13-11-14-5-4-10(15-11)19-9-6-7(16(17)18)2-3-8(9)12/h2-6H,1H3,(H,13,14,15). The Bertz CT molecular complexity index is 621. The van der Waals surface area contributed by atoms with Gasteiger partial charge in [-0.1, -0.05) is 11.6 Å². The Morgan fingerprint density at radius 1 is 1.42 bits per heavy atom. The van der Waals surface area contributed by atoms with Crippen molar-refractivity contribution in [1.29, 1.82) is 0 Å². The summed E-state index contributed by atoms with van der Waals surface area (Å²) in [6.45, 7) is 0. The Labute approximate surface area is 113 Å². The van der Waals surface area contributed by atoms with E-state index in [2.05, 4.69) is 15.3 Å². The Morgan fingerprint density at radius 3 is 2.89 bits per heavy atom. The van der Waals surface area contributed by atoms with Gasteiger partial charge in [0.15, 0.2) is 5.75 Å². The average molecular weight is 281 g/mol. The number of hydrogen-bond donors (Lipinski definition) is 1. The Kier molecular flexibility index (Phi) is 3.76. The van der Waals surface area contributed by atoms with E-state index in [-0.39, 0.29) is 22.3 Å². The highest BCUT2D eigenvalue weighted by atomic mass is 35.5. The summed E-state index contributed by atoms with van der Waals surface area (Å²) in [6, 6.07) is 5.46. The van der Waals surface area contributed by atoms with Gasteiger partial charge in [0.2, 0.25) is 11.8 Å². The number of non-ortho nitro benzene ring substituents is 1. The molecule has 1 aromatic heterocycles. The van der Waals surface area contributed by atoms with E-state index in [1.54, 1.807) is 7.05 Å². The number of aromatic nitrogens is 2. The fraction of sp³-hybridized carbons (Fsp3) is 0.0909. The number of nitro benzene ring substituents is 1. The van der Waals surface area contributed by atoms with E-state index in [0.29, 0.717) is 5.95 Å². The van der Waals surface area contributed by atoms with Crippen LogP contribution in [0.25, 0.3) is 0 Å². The molecule has 0 radical (unpaired) electrons. The molecular formula is C11H9ClN4O3. The van der Waals surface area contributed by atoms with Gasteiger partial charge in [-0.2, -0.15) is 4.98 Å². The van der Waals surface area contributed by atoms with Gasteiger partial charge in [0.1, 0.15) is 0 Å². The van der Waals surface area contributed by atoms with E-state index in [1.165, 1.54) is 30.5 Å². The summed E-state index contributed by atoms with van der Waals surface area (Å²) in [5, 5.41) is 13.7. The van der Waals surface area contributed by atoms with Crippen molar-refractivity contribution in [3.63, 3.8) is 0 Å². The van der Waals surface area contributed by atoms with Crippen LogP contribution in [0.5, 0.6) is 11.6 Å². The molecule has 2 rings (SSSR count). The van der Waals surface area contributed by atoms with Crippen molar-refractivity contribution in [2.45, 2.75) is 0 Å². The molecule has 0 bridgehead atoms. The highest BCUT2D eigenvalue weighted by Crippen LogP contribution is 2.32. The minimum atomic E-state index is -0.526. The van der Waals surface area contributed by atoms with Gasteiger partial charge in [-0.05, 0) is 6.07 Å². The molecule has 7 nitrogen and oxygen atoms in total. The summed E-state index contributed by atoms with van der Waals surface area (Å²) < 4.78 is 5.41. The van der Waals surface area contributed by atoms with E-state index in [1.807, 2.05) is 0 Å². The number of nitrogens with one attached hydrogen (secondary N) is 1. The molecule has 0 aliphatic carbocycles. The van der Waals surface area contributed by atoms with Gasteiger partial charge in [-0.15, -0.1) is 0 Å². The number of rotatable bonds is 4. The SMILES string of the molecule is CNc1nccc(Oc2cc([N+](=O)[O-])ccc2Cl)n1. The minimum Gasteiger partial charge on any atom is -0.437 e. The van der Waals surface area contributed by atoms with Gasteiger partial charge in [-0.3, -0.25) is 10.1 Å². The molecule has 19 heavy (non-hydrogen) atoms. The van der Waals surface area contributed by atoms with Gasteiger partial charge >= 0.3 is 0 Å². The van der Waals surface area contributed by atoms with E-state index < -0.39 is 4.92 Å². The third-order valence-electron chi connectivity index (χ3n) is 2.19. The summed E-state index contributed by atoms with van der Waals surface area (Å²) in [7, 11) is 1.67. The summed E-state index contributed by atoms with van der Waals surface area (Å²) in [6.07, 6.45) is 1.50. The third kappa shape index (κ3) is 3.08. The largest absolute Gasteiger partial charge is 0.437 e. The lowest BCUT2D eigenvalue weighted by molar-refractivity contribution is -0.384. The van der Waals surface area contributed by atoms with E-state index in [0.717, 1.165) is 0 Å². The molecule has 0 fully saturated rings. The summed E-state index contributed by atoms with van der Waals surface area (Å²) in [5.41, 5.74) is -0.109. The van der Waals surface area contributed by atoms with E-state index in [9.17, 15) is 10.1 Å². The topological polar surface area (TPSA) is 90.2 Å². The van der Waals surface area contributed by atoms with Gasteiger partial charge in [-0.25, -0.2) is 4.98 Å². The molecule has 1 aromatic carbocycles. The maximum atomic E-state index is 10.7. The third-order valence-corrected chi connectivity index (χ3v) is 2.51. The van der Waals surface area contributed by atoms with Crippen molar-refractivity contribution in [3.8, 4) is 11.6 Å². The van der Waals surface area contributed by atoms with Crippen LogP contribution in [0.1, 0.15) is 0 Å². The molecule has 0 atom stereocenters. The van der Waals surface area contributed by atoms with Crippen molar-refractivity contribution >= 4 is 23.2 Å². The molecule has 0 saturated heterocycles. The molecule has 98 valence electrons. The number of benzene rings is 1. The highest BCUT2D eigenvalue weighted by molar-refractivity contribution is 6.32. The lowest BCUT2D eigenvalue weighted by atomic mass is 10.3. The zero-order valence-corrected chi connectivity index (χ0v) is 10.6. The summed E-state index contributed by atoms with van der Waals surface area (Å²) in [4.78, 5) is 18.1. The number of hydrogen-bond acceptors (Lipinski definition) is 6. The van der Waals surface area contributed by atoms with Crippen molar-refractivity contribution in [2.75, 3.05) is 12.4 Å². The van der Waals surface area contributed by atoms with Crippen LogP contribution in [0.15, 0.2) is 30.5 Å². The number of halogens is 1. The van der Waals surface area contributed by atoms with Gasteiger partial charge in [0.05, 0.1) is 16.0 Å². The van der Waals surface area contributed by atoms with Crippen molar-refractivity contribution in [1.82, 2.24) is 9.97 Å². The Hall–Kier alpha value is -2.41. The first kappa shape index (κ1) is 13.0. The monoisotopic (exact) mass is 280 g/mol. The van der Waals surface area contributed by atoms with Gasteiger partial charge in [0, 0.05) is 25.4 Å². The maximum absolute atomic E-state index is 10.7. The smallest absolute Gasteiger partial charge is 0.273 e. The van der Waals surface area contributed by atoms with Crippen LogP contribution in [0.4, 0.5) is 11.6 Å². The van der Waals surface area contributed by atoms with E-state index in [4.69, 9.17) is 16.3 Å². The van der Waals surface area contributed by atoms with Crippen LogP contribution >= 0.6 is 11.6 Å². The van der Waals surface area contributed by atoms with Crippen molar-refractivity contribution < 1.29 is 9.66 Å². The van der Waals surface area contributed by atoms with Gasteiger partial charge < -0.3 is 10.1 Å². The molecule has 8 heteroatoms. The lowest BCUT2D eigenvalue weighted by Crippen LogP contribution is -1.97. The fourth-order valence-corrected chi connectivity index (χ4v) is 1.47. The van der Waals surface area contributed by atoms with Crippen LogP contribution in [0.3, 0.4) is 0 Å². The second-order valence-electron chi connectivity index (χ2n) is 3.44. The molecule has 2 aromatic rings. The fourth-order valence-electron chi connectivity index (χ4n) is 1.32. The zero-order chi connectivity index (χ0) is 13.8. The predicted molar refractivity (Wildman–Crippen MR) is 69.8 cm³/mol. The molecule has 0 spiro atoms. The molecule has 1 heterocycles. The highest BCUT2D eigenvalue weighted by Gasteiger charge is 2.12. The first-order valence-electron chi connectivity index (χ1n) is 5.23. The number of ether oxygens (including phenoxy) is 1. The number of anilines is 1. The first-order chi connectivity index (χ1) is 9.10. The van der Waals surface area contributed by atoms with Crippen LogP contribution in [-0.4, -0.2) is 21.9 Å². The first-order valence-corrected chi connectivity index (χ1v) is 5.60. The van der Waals surface area contributed by atoms with Crippen LogP contribution in [-0.2, 0) is 0 Å². The van der Waals surface area contributed by atoms with Crippen LogP contribution in [0.2, 0.25) is 5.02 Å². The summed E-state index contributed by atoms with van der Waals surface area (Å²) in [5.74, 6) is 0.775. The molecule has 1 N–H and O–H groups in total. The van der Waals surface area contributed by atoms with Crippen molar-refractivity contribution in [2.24, 2.45) is 0 Å². The molecule has 0 aliphatic heterocycles. The van der Waals surface area contributed by atoms with Gasteiger partial charge in [0.25, 0.3) is 5.69 Å². The average Bonchev–Trinajstić information content (AvgIpc) is 2.41. The molecule has 0 unspecified atom stereocenters.